The first-order chi connectivity index (χ1) is 21.2. The van der Waals surface area contributed by atoms with Crippen LogP contribution in [0.2, 0.25) is 0 Å². The summed E-state index contributed by atoms with van der Waals surface area (Å²) in [6.07, 6.45) is 5.56. The molecule has 4 aromatic heterocycles. The van der Waals surface area contributed by atoms with Crippen LogP contribution in [0.5, 0.6) is 0 Å². The molecule has 0 aliphatic heterocycles. The number of imidazole rings is 1. The maximum atomic E-state index is 15.3. The molecule has 1 amide bonds. The molecule has 0 spiro atoms. The number of H-pyrrole nitrogens is 2. The second kappa shape index (κ2) is 10.8. The molecule has 1 atom stereocenters. The van der Waals surface area contributed by atoms with Crippen LogP contribution in [0.25, 0.3) is 55.8 Å². The highest BCUT2D eigenvalue weighted by Gasteiger charge is 2.23. The summed E-state index contributed by atoms with van der Waals surface area (Å²) in [5.74, 6) is -1.14. The highest BCUT2D eigenvalue weighted by atomic mass is 32.2. The molecule has 0 aliphatic carbocycles. The van der Waals surface area contributed by atoms with E-state index in [2.05, 4.69) is 30.5 Å². The highest BCUT2D eigenvalue weighted by molar-refractivity contribution is 7.90. The molecule has 4 heterocycles. The number of aromatic nitrogens is 6. The predicted octanol–water partition coefficient (Wildman–Crippen LogP) is 5.49. The number of carbonyl (C=O) groups excluding carboxylic acids is 1. The third kappa shape index (κ3) is 5.77. The fourth-order valence-electron chi connectivity index (χ4n) is 4.83. The first-order valence-electron chi connectivity index (χ1n) is 13.7. The van der Waals surface area contributed by atoms with Gasteiger partial charge in [-0.25, -0.2) is 22.2 Å². The first-order valence-corrected chi connectivity index (χ1v) is 15.7. The van der Waals surface area contributed by atoms with Crippen molar-refractivity contribution in [1.82, 2.24) is 30.1 Å². The summed E-state index contributed by atoms with van der Waals surface area (Å²) in [6.45, 7) is 5.39. The Balaban J connectivity index is 1.43. The second-order valence-corrected chi connectivity index (χ2v) is 14.0. The number of nitrogens with two attached hydrogens (primary N) is 1. The molecule has 0 radical (unpaired) electrons. The number of aromatic amines is 2. The van der Waals surface area contributed by atoms with Gasteiger partial charge in [-0.3, -0.25) is 19.9 Å². The molecule has 2 aromatic carbocycles. The lowest BCUT2D eigenvalue weighted by Gasteiger charge is -2.17. The molecule has 0 saturated heterocycles. The zero-order chi connectivity index (χ0) is 32.3. The summed E-state index contributed by atoms with van der Waals surface area (Å²) in [7, 11) is -3.70. The van der Waals surface area contributed by atoms with Crippen LogP contribution < -0.4 is 11.1 Å². The van der Waals surface area contributed by atoms with Gasteiger partial charge in [-0.05, 0) is 53.6 Å². The molecule has 45 heavy (non-hydrogen) atoms. The van der Waals surface area contributed by atoms with Crippen LogP contribution in [0.4, 0.5) is 14.5 Å². The van der Waals surface area contributed by atoms with Gasteiger partial charge < -0.3 is 16.0 Å². The van der Waals surface area contributed by atoms with Crippen molar-refractivity contribution in [2.24, 2.45) is 11.1 Å². The molecule has 14 heteroatoms. The van der Waals surface area contributed by atoms with Crippen LogP contribution in [-0.2, 0) is 14.6 Å². The van der Waals surface area contributed by atoms with E-state index in [0.717, 1.165) is 12.3 Å². The van der Waals surface area contributed by atoms with E-state index in [1.54, 1.807) is 45.2 Å². The quantitative estimate of drug-likeness (QED) is 0.187. The predicted molar refractivity (Wildman–Crippen MR) is 167 cm³/mol. The Bertz CT molecular complexity index is 2240. The van der Waals surface area contributed by atoms with Gasteiger partial charge in [0.25, 0.3) is 0 Å². The van der Waals surface area contributed by atoms with E-state index in [9.17, 15) is 17.6 Å². The summed E-state index contributed by atoms with van der Waals surface area (Å²) in [4.78, 5) is 29.0. The number of carbonyl (C=O) groups is 1. The second-order valence-electron chi connectivity index (χ2n) is 11.8. The number of benzene rings is 2. The standard InChI is InChI=1S/C31H28F2N8O3S/c1-31(2,3)30(42)37-20-10-18(13-35-14-20)15-11-21-25(22(33)12-15)40-41-26(21)29-38-23-5-6-36-24(27(23)39-29)16-7-17(9-19(32)8-16)28(34)45(4,43)44/h5-14,28H,34H2,1-4H3,(H,37,42)(H,38,39)(H,40,41). The molecule has 6 aromatic rings. The van der Waals surface area contributed by atoms with Crippen molar-refractivity contribution >= 4 is 43.4 Å². The smallest absolute Gasteiger partial charge is 0.229 e. The van der Waals surface area contributed by atoms with Crippen molar-refractivity contribution in [1.29, 1.82) is 0 Å². The lowest BCUT2D eigenvalue weighted by atomic mass is 9.95. The molecule has 0 aliphatic rings. The van der Waals surface area contributed by atoms with E-state index in [0.29, 0.717) is 44.8 Å². The minimum Gasteiger partial charge on any atom is -0.337 e. The Morgan fingerprint density at radius 2 is 1.78 bits per heavy atom. The average Bonchev–Trinajstić information content (AvgIpc) is 3.60. The topological polar surface area (TPSA) is 172 Å². The third-order valence-corrected chi connectivity index (χ3v) is 8.44. The molecular weight excluding hydrogens is 602 g/mol. The van der Waals surface area contributed by atoms with Gasteiger partial charge in [0.15, 0.2) is 21.5 Å². The van der Waals surface area contributed by atoms with Crippen molar-refractivity contribution in [2.75, 3.05) is 11.6 Å². The van der Waals surface area contributed by atoms with Crippen LogP contribution in [0.3, 0.4) is 0 Å². The van der Waals surface area contributed by atoms with E-state index in [4.69, 9.17) is 10.7 Å². The number of pyridine rings is 2. The molecule has 6 rings (SSSR count). The number of rotatable bonds is 6. The van der Waals surface area contributed by atoms with Gasteiger partial charge in [-0.1, -0.05) is 20.8 Å². The normalized spacial score (nSPS) is 13.0. The van der Waals surface area contributed by atoms with E-state index >= 15 is 4.39 Å². The van der Waals surface area contributed by atoms with E-state index in [-0.39, 0.29) is 28.2 Å². The summed E-state index contributed by atoms with van der Waals surface area (Å²) >= 11 is 0. The number of sulfone groups is 1. The number of fused-ring (bicyclic) bond motifs is 2. The van der Waals surface area contributed by atoms with Gasteiger partial charge in [0.2, 0.25) is 5.91 Å². The van der Waals surface area contributed by atoms with Crippen molar-refractivity contribution in [3.05, 3.63) is 78.3 Å². The molecule has 1 unspecified atom stereocenters. The summed E-state index contributed by atoms with van der Waals surface area (Å²) < 4.78 is 54.1. The van der Waals surface area contributed by atoms with E-state index < -0.39 is 32.3 Å². The number of nitrogens with zero attached hydrogens (tertiary/aromatic N) is 4. The fourth-order valence-corrected chi connectivity index (χ4v) is 5.46. The van der Waals surface area contributed by atoms with E-state index in [1.165, 1.54) is 30.6 Å². The van der Waals surface area contributed by atoms with Gasteiger partial charge in [0.05, 0.1) is 23.1 Å². The molecule has 230 valence electrons. The molecule has 0 saturated carbocycles. The maximum Gasteiger partial charge on any atom is 0.229 e. The number of anilines is 1. The van der Waals surface area contributed by atoms with Gasteiger partial charge in [0, 0.05) is 40.6 Å². The Morgan fingerprint density at radius 1 is 1.00 bits per heavy atom. The summed E-state index contributed by atoms with van der Waals surface area (Å²) in [6, 6.07) is 10.2. The SMILES string of the molecule is CC(C)(C)C(=O)Nc1cncc(-c2cc(F)c3n[nH]c(-c4nc5c(-c6cc(F)cc(C(N)S(C)(=O)=O)c6)nccc5[nH]4)c3c2)c1. The van der Waals surface area contributed by atoms with Crippen molar-refractivity contribution in [2.45, 2.75) is 26.1 Å². The summed E-state index contributed by atoms with van der Waals surface area (Å²) in [5, 5.41) is 8.85. The molecular formula is C31H28F2N8O3S. The minimum absolute atomic E-state index is 0.0705. The average molecular weight is 631 g/mol. The Morgan fingerprint density at radius 3 is 2.51 bits per heavy atom. The molecule has 0 fully saturated rings. The lowest BCUT2D eigenvalue weighted by Crippen LogP contribution is -2.27. The van der Waals surface area contributed by atoms with Crippen molar-refractivity contribution in [3.63, 3.8) is 0 Å². The highest BCUT2D eigenvalue weighted by Crippen LogP contribution is 2.35. The molecule has 0 bridgehead atoms. The minimum atomic E-state index is -3.70. The molecule has 5 N–H and O–H groups in total. The number of hydrogen-bond donors (Lipinski definition) is 4. The number of hydrogen-bond acceptors (Lipinski definition) is 8. The number of amides is 1. The zero-order valence-corrected chi connectivity index (χ0v) is 25.4. The van der Waals surface area contributed by atoms with Crippen LogP contribution in [0.15, 0.2) is 61.1 Å². The van der Waals surface area contributed by atoms with Crippen LogP contribution >= 0.6 is 0 Å². The van der Waals surface area contributed by atoms with Gasteiger partial charge in [-0.15, -0.1) is 0 Å². The Hall–Kier alpha value is -5.08. The number of nitrogens with one attached hydrogen (secondary N) is 3. The monoisotopic (exact) mass is 630 g/mol. The summed E-state index contributed by atoms with van der Waals surface area (Å²) in [5.41, 5.74) is 8.80. The fraction of sp³-hybridized carbons (Fsp3) is 0.194. The Kier molecular flexibility index (Phi) is 7.21. The lowest BCUT2D eigenvalue weighted by molar-refractivity contribution is -0.123. The van der Waals surface area contributed by atoms with Crippen LogP contribution in [0, 0.1) is 17.0 Å². The van der Waals surface area contributed by atoms with Crippen molar-refractivity contribution in [3.8, 4) is 33.9 Å². The first kappa shape index (κ1) is 30.0. The van der Waals surface area contributed by atoms with Crippen molar-refractivity contribution < 1.29 is 22.0 Å². The largest absolute Gasteiger partial charge is 0.337 e. The Labute approximate surface area is 256 Å². The van der Waals surface area contributed by atoms with Gasteiger partial charge >= 0.3 is 0 Å². The van der Waals surface area contributed by atoms with Crippen LogP contribution in [-0.4, -0.2) is 50.7 Å². The van der Waals surface area contributed by atoms with Crippen LogP contribution in [0.1, 0.15) is 31.7 Å². The maximum absolute atomic E-state index is 15.3. The number of halogens is 2. The van der Waals surface area contributed by atoms with Gasteiger partial charge in [-0.2, -0.15) is 5.10 Å². The van der Waals surface area contributed by atoms with Gasteiger partial charge in [0.1, 0.15) is 27.9 Å². The molecule has 11 nitrogen and oxygen atoms in total. The van der Waals surface area contributed by atoms with E-state index in [1.807, 2.05) is 0 Å². The third-order valence-electron chi connectivity index (χ3n) is 7.24. The zero-order valence-electron chi connectivity index (χ0n) is 24.6.